The minimum Gasteiger partial charge on any atom is -0.452 e. The summed E-state index contributed by atoms with van der Waals surface area (Å²) >= 11 is 0. The lowest BCUT2D eigenvalue weighted by atomic mass is 10.1. The molecule has 3 aromatic rings. The zero-order chi connectivity index (χ0) is 26.4. The van der Waals surface area contributed by atoms with Gasteiger partial charge in [-0.3, -0.25) is 4.79 Å². The number of nitrogens with zero attached hydrogens (tertiary/aromatic N) is 4. The van der Waals surface area contributed by atoms with E-state index in [9.17, 15) is 9.59 Å². The van der Waals surface area contributed by atoms with Crippen molar-refractivity contribution in [2.24, 2.45) is 7.05 Å². The van der Waals surface area contributed by atoms with E-state index in [2.05, 4.69) is 20.5 Å². The lowest BCUT2D eigenvalue weighted by molar-refractivity contribution is 0.0306. The number of hydrogen-bond acceptors (Lipinski definition) is 7. The van der Waals surface area contributed by atoms with Gasteiger partial charge in [0.15, 0.2) is 5.76 Å². The highest BCUT2D eigenvalue weighted by molar-refractivity contribution is 6.16. The van der Waals surface area contributed by atoms with Crippen molar-refractivity contribution in [2.75, 3.05) is 50.5 Å². The molecule has 2 amide bonds. The first-order valence-corrected chi connectivity index (χ1v) is 13.0. The van der Waals surface area contributed by atoms with Gasteiger partial charge in [0.05, 0.1) is 23.5 Å². The summed E-state index contributed by atoms with van der Waals surface area (Å²) in [6, 6.07) is 6.82. The molecule has 38 heavy (non-hydrogen) atoms. The number of Topliss-reactive ketones (excluding diaryl/α,β-unsaturated/α-hetero) is 1. The van der Waals surface area contributed by atoms with Crippen molar-refractivity contribution in [3.63, 3.8) is 0 Å². The molecule has 0 saturated carbocycles. The normalized spacial score (nSPS) is 21.3. The van der Waals surface area contributed by atoms with E-state index in [1.807, 2.05) is 49.1 Å². The summed E-state index contributed by atoms with van der Waals surface area (Å²) in [5, 5.41) is 6.59. The van der Waals surface area contributed by atoms with Gasteiger partial charge < -0.3 is 34.5 Å². The Morgan fingerprint density at radius 1 is 1.21 bits per heavy atom. The van der Waals surface area contributed by atoms with Gasteiger partial charge in [0, 0.05) is 62.3 Å². The molecule has 10 nitrogen and oxygen atoms in total. The van der Waals surface area contributed by atoms with E-state index in [-0.39, 0.29) is 29.8 Å². The number of morpholine rings is 1. The number of anilines is 2. The van der Waals surface area contributed by atoms with Gasteiger partial charge in [0.2, 0.25) is 5.78 Å². The van der Waals surface area contributed by atoms with Crippen molar-refractivity contribution in [1.82, 2.24) is 19.8 Å². The van der Waals surface area contributed by atoms with Crippen LogP contribution in [0.5, 0.6) is 5.75 Å². The SMILES string of the molecule is CN(C)CCNC(=O)Nc1ccc2c(c1)C(=O)/C(=C/c1cn(C)c3nccc(N4CC5CCC(C4)O5)c13)O2. The number of ketones is 1. The van der Waals surface area contributed by atoms with Crippen LogP contribution in [0.1, 0.15) is 28.8 Å². The third-order valence-electron chi connectivity index (χ3n) is 7.31. The molecule has 198 valence electrons. The lowest BCUT2D eigenvalue weighted by Crippen LogP contribution is -2.42. The Kier molecular flexibility index (Phi) is 6.29. The fourth-order valence-corrected chi connectivity index (χ4v) is 5.48. The smallest absolute Gasteiger partial charge is 0.319 e. The average molecular weight is 517 g/mol. The van der Waals surface area contributed by atoms with Crippen LogP contribution in [0, 0.1) is 0 Å². The molecule has 2 N–H and O–H groups in total. The number of benzene rings is 1. The number of carbonyl (C=O) groups is 2. The van der Waals surface area contributed by atoms with Crippen molar-refractivity contribution in [3.05, 3.63) is 53.5 Å². The highest BCUT2D eigenvalue weighted by Crippen LogP contribution is 2.38. The molecule has 0 aliphatic carbocycles. The Bertz CT molecular complexity index is 1430. The number of hydrogen-bond donors (Lipinski definition) is 2. The quantitative estimate of drug-likeness (QED) is 0.485. The zero-order valence-electron chi connectivity index (χ0n) is 21.9. The van der Waals surface area contributed by atoms with Gasteiger partial charge in [-0.25, -0.2) is 9.78 Å². The summed E-state index contributed by atoms with van der Waals surface area (Å²) in [6.07, 6.45) is 8.32. The highest BCUT2D eigenvalue weighted by atomic mass is 16.5. The number of amides is 2. The number of likely N-dealkylation sites (N-methyl/N-ethyl adjacent to an activating group) is 1. The number of fused-ring (bicyclic) bond motifs is 4. The van der Waals surface area contributed by atoms with Crippen LogP contribution in [0.3, 0.4) is 0 Å². The maximum absolute atomic E-state index is 13.3. The maximum atomic E-state index is 13.3. The number of aromatic nitrogens is 2. The van der Waals surface area contributed by atoms with Crippen LogP contribution in [0.4, 0.5) is 16.2 Å². The van der Waals surface area contributed by atoms with Crippen LogP contribution in [-0.2, 0) is 11.8 Å². The molecule has 3 aliphatic rings. The van der Waals surface area contributed by atoms with Gasteiger partial charge in [-0.05, 0) is 57.3 Å². The van der Waals surface area contributed by atoms with Gasteiger partial charge in [0.25, 0.3) is 0 Å². The molecule has 1 aromatic carbocycles. The van der Waals surface area contributed by atoms with Crippen molar-refractivity contribution in [1.29, 1.82) is 0 Å². The van der Waals surface area contributed by atoms with Gasteiger partial charge in [-0.1, -0.05) is 0 Å². The molecular weight excluding hydrogens is 484 g/mol. The molecule has 6 rings (SSSR count). The van der Waals surface area contributed by atoms with Gasteiger partial charge >= 0.3 is 6.03 Å². The predicted molar refractivity (Wildman–Crippen MR) is 146 cm³/mol. The fraction of sp³-hybridized carbons (Fsp3) is 0.393. The Hall–Kier alpha value is -3.89. The zero-order valence-corrected chi connectivity index (χ0v) is 21.9. The standard InChI is InChI=1S/C28H32N6O4/c1-32(2)11-10-30-28(36)31-18-4-7-23-21(13-18)26(35)24(38-23)12-17-14-33(3)27-25(17)22(8-9-29-27)34-15-19-5-6-20(16-34)37-19/h4,7-9,12-14,19-20H,5-6,10-11,15-16H2,1-3H3,(H2,30,31,36)/b24-12-. The van der Waals surface area contributed by atoms with Gasteiger partial charge in [-0.2, -0.15) is 0 Å². The lowest BCUT2D eigenvalue weighted by Gasteiger charge is -2.34. The van der Waals surface area contributed by atoms with Crippen molar-refractivity contribution >= 4 is 40.3 Å². The summed E-state index contributed by atoms with van der Waals surface area (Å²) in [7, 11) is 5.84. The van der Waals surface area contributed by atoms with Crippen LogP contribution < -0.4 is 20.3 Å². The van der Waals surface area contributed by atoms with E-state index in [1.165, 1.54) is 0 Å². The molecule has 2 fully saturated rings. The minimum absolute atomic E-state index is 0.219. The van der Waals surface area contributed by atoms with Crippen LogP contribution >= 0.6 is 0 Å². The molecule has 2 unspecified atom stereocenters. The first kappa shape index (κ1) is 24.4. The molecule has 3 aliphatic heterocycles. The molecule has 2 bridgehead atoms. The number of nitrogens with one attached hydrogen (secondary N) is 2. The average Bonchev–Trinajstić information content (AvgIpc) is 3.51. The molecule has 2 saturated heterocycles. The van der Waals surface area contributed by atoms with Crippen molar-refractivity contribution in [2.45, 2.75) is 25.0 Å². The second-order valence-corrected chi connectivity index (χ2v) is 10.4. The summed E-state index contributed by atoms with van der Waals surface area (Å²) in [5.74, 6) is 0.503. The number of allylic oxidation sites excluding steroid dienone is 1. The van der Waals surface area contributed by atoms with E-state index < -0.39 is 0 Å². The first-order valence-electron chi connectivity index (χ1n) is 13.0. The molecule has 10 heteroatoms. The van der Waals surface area contributed by atoms with Crippen LogP contribution in [0.2, 0.25) is 0 Å². The highest BCUT2D eigenvalue weighted by Gasteiger charge is 2.35. The van der Waals surface area contributed by atoms with Crippen LogP contribution in [-0.4, -0.2) is 78.7 Å². The fourth-order valence-electron chi connectivity index (χ4n) is 5.48. The number of ether oxygens (including phenoxy) is 2. The maximum Gasteiger partial charge on any atom is 0.319 e. The second-order valence-electron chi connectivity index (χ2n) is 10.4. The van der Waals surface area contributed by atoms with Crippen molar-refractivity contribution < 1.29 is 19.1 Å². The number of pyridine rings is 1. The minimum atomic E-state index is -0.318. The molecule has 0 radical (unpaired) electrons. The Balaban J connectivity index is 1.26. The number of aryl methyl sites for hydroxylation is 1. The third kappa shape index (κ3) is 4.61. The van der Waals surface area contributed by atoms with Gasteiger partial charge in [0.1, 0.15) is 11.4 Å². The summed E-state index contributed by atoms with van der Waals surface area (Å²) < 4.78 is 14.0. The van der Waals surface area contributed by atoms with Gasteiger partial charge in [-0.15, -0.1) is 0 Å². The van der Waals surface area contributed by atoms with Crippen molar-refractivity contribution in [3.8, 4) is 5.75 Å². The Labute approximate surface area is 221 Å². The molecular formula is C28H32N6O4. The summed E-state index contributed by atoms with van der Waals surface area (Å²) in [5.41, 5.74) is 3.77. The van der Waals surface area contributed by atoms with E-state index >= 15 is 0 Å². The molecule has 2 aromatic heterocycles. The van der Waals surface area contributed by atoms with Crippen LogP contribution in [0.25, 0.3) is 17.1 Å². The second kappa shape index (κ2) is 9.77. The largest absolute Gasteiger partial charge is 0.452 e. The number of carbonyl (C=O) groups excluding carboxylic acids is 2. The third-order valence-corrected chi connectivity index (χ3v) is 7.31. The van der Waals surface area contributed by atoms with E-state index in [1.54, 1.807) is 24.3 Å². The molecule has 2 atom stereocenters. The summed E-state index contributed by atoms with van der Waals surface area (Å²) in [6.45, 7) is 2.95. The van der Waals surface area contributed by atoms with E-state index in [4.69, 9.17) is 9.47 Å². The first-order chi connectivity index (χ1) is 18.4. The van der Waals surface area contributed by atoms with E-state index in [0.717, 1.165) is 54.8 Å². The molecule has 5 heterocycles. The predicted octanol–water partition coefficient (Wildman–Crippen LogP) is 3.24. The molecule has 0 spiro atoms. The number of urea groups is 1. The Morgan fingerprint density at radius 2 is 2.00 bits per heavy atom. The summed E-state index contributed by atoms with van der Waals surface area (Å²) in [4.78, 5) is 34.5. The van der Waals surface area contributed by atoms with E-state index in [0.29, 0.717) is 23.5 Å². The van der Waals surface area contributed by atoms with Crippen LogP contribution in [0.15, 0.2) is 42.4 Å². The topological polar surface area (TPSA) is 101 Å². The monoisotopic (exact) mass is 516 g/mol. The Morgan fingerprint density at radius 3 is 2.76 bits per heavy atom. The number of rotatable bonds is 6.